The fraction of sp³-hybridized carbons (Fsp3) is 0.684. The normalized spacial score (nSPS) is 20.5. The van der Waals surface area contributed by atoms with E-state index in [1.54, 1.807) is 0 Å². The van der Waals surface area contributed by atoms with E-state index in [9.17, 15) is 4.79 Å². The van der Waals surface area contributed by atoms with Gasteiger partial charge in [0.2, 0.25) is 11.8 Å². The van der Waals surface area contributed by atoms with Crippen LogP contribution >= 0.6 is 0 Å². The Morgan fingerprint density at radius 3 is 2.77 bits per heavy atom. The molecule has 0 bridgehead atoms. The summed E-state index contributed by atoms with van der Waals surface area (Å²) in [5, 5.41) is 8.05. The monoisotopic (exact) mass is 358 g/mol. The molecule has 1 amide bonds. The molecule has 1 saturated carbocycles. The highest BCUT2D eigenvalue weighted by molar-refractivity contribution is 5.76. The fourth-order valence-corrected chi connectivity index (χ4v) is 3.81. The first-order chi connectivity index (χ1) is 12.6. The zero-order chi connectivity index (χ0) is 18.1. The van der Waals surface area contributed by atoms with Crippen LogP contribution in [0.25, 0.3) is 0 Å². The molecule has 1 atom stereocenters. The van der Waals surface area contributed by atoms with Gasteiger partial charge in [0.15, 0.2) is 5.82 Å². The summed E-state index contributed by atoms with van der Waals surface area (Å²) in [6.45, 7) is 5.44. The van der Waals surface area contributed by atoms with E-state index < -0.39 is 0 Å². The molecule has 1 aliphatic heterocycles. The first-order valence-corrected chi connectivity index (χ1v) is 9.62. The maximum Gasteiger partial charge on any atom is 0.226 e. The molecule has 1 saturated heterocycles. The number of likely N-dealkylation sites (tertiary alicyclic amines) is 1. The number of aromatic nitrogens is 3. The van der Waals surface area contributed by atoms with Crippen LogP contribution < -0.4 is 0 Å². The number of amides is 1. The van der Waals surface area contributed by atoms with Crippen LogP contribution in [0.2, 0.25) is 0 Å². The number of hydrogen-bond donors (Lipinski definition) is 0. The van der Waals surface area contributed by atoms with Crippen molar-refractivity contribution in [3.8, 4) is 0 Å². The van der Waals surface area contributed by atoms with Gasteiger partial charge in [-0.2, -0.15) is 4.98 Å². The van der Waals surface area contributed by atoms with Gasteiger partial charge < -0.3 is 13.9 Å². The van der Waals surface area contributed by atoms with E-state index in [-0.39, 0.29) is 5.91 Å². The molecule has 0 spiro atoms. The van der Waals surface area contributed by atoms with Gasteiger partial charge in [-0.3, -0.25) is 4.79 Å². The number of aryl methyl sites for hydroxylation is 2. The fourth-order valence-electron chi connectivity index (χ4n) is 3.81. The molecule has 7 heteroatoms. The SMILES string of the molecule is Cc1noc(C)c1CCC(=O)N1CCCC(Cc2nc(C3CC3)no2)C1. The van der Waals surface area contributed by atoms with Crippen LogP contribution in [-0.4, -0.2) is 39.2 Å². The van der Waals surface area contributed by atoms with E-state index >= 15 is 0 Å². The predicted molar refractivity (Wildman–Crippen MR) is 93.6 cm³/mol. The van der Waals surface area contributed by atoms with Crippen molar-refractivity contribution in [1.29, 1.82) is 0 Å². The van der Waals surface area contributed by atoms with E-state index in [0.29, 0.717) is 24.7 Å². The average Bonchev–Trinajstić information content (AvgIpc) is 3.31. The standard InChI is InChI=1S/C19H26N4O3/c1-12-16(13(2)25-21-12)7-8-18(24)23-9-3-4-14(11-23)10-17-20-19(22-26-17)15-5-6-15/h14-15H,3-11H2,1-2H3. The Morgan fingerprint density at radius 1 is 1.19 bits per heavy atom. The summed E-state index contributed by atoms with van der Waals surface area (Å²) < 4.78 is 10.6. The zero-order valence-electron chi connectivity index (χ0n) is 15.5. The lowest BCUT2D eigenvalue weighted by atomic mass is 9.94. The van der Waals surface area contributed by atoms with Gasteiger partial charge in [0, 0.05) is 37.4 Å². The van der Waals surface area contributed by atoms with Crippen molar-refractivity contribution in [3.05, 3.63) is 28.7 Å². The van der Waals surface area contributed by atoms with Crippen molar-refractivity contribution in [3.63, 3.8) is 0 Å². The van der Waals surface area contributed by atoms with Crippen LogP contribution in [0.5, 0.6) is 0 Å². The summed E-state index contributed by atoms with van der Waals surface area (Å²) in [6.07, 6.45) is 6.46. The quantitative estimate of drug-likeness (QED) is 0.789. The Balaban J connectivity index is 1.30. The van der Waals surface area contributed by atoms with Gasteiger partial charge >= 0.3 is 0 Å². The van der Waals surface area contributed by atoms with Crippen LogP contribution in [0.1, 0.15) is 66.8 Å². The van der Waals surface area contributed by atoms with Gasteiger partial charge in [-0.15, -0.1) is 0 Å². The Morgan fingerprint density at radius 2 is 2.04 bits per heavy atom. The molecule has 2 aromatic heterocycles. The average molecular weight is 358 g/mol. The minimum atomic E-state index is 0.207. The zero-order valence-corrected chi connectivity index (χ0v) is 15.5. The highest BCUT2D eigenvalue weighted by atomic mass is 16.5. The summed E-state index contributed by atoms with van der Waals surface area (Å²) in [6, 6.07) is 0. The molecule has 4 rings (SSSR count). The molecule has 0 N–H and O–H groups in total. The smallest absolute Gasteiger partial charge is 0.226 e. The summed E-state index contributed by atoms with van der Waals surface area (Å²) >= 11 is 0. The lowest BCUT2D eigenvalue weighted by Gasteiger charge is -2.32. The van der Waals surface area contributed by atoms with Crippen LogP contribution in [0.4, 0.5) is 0 Å². The third kappa shape index (κ3) is 3.81. The van der Waals surface area contributed by atoms with E-state index in [1.165, 1.54) is 12.8 Å². The van der Waals surface area contributed by atoms with Crippen molar-refractivity contribution >= 4 is 5.91 Å². The van der Waals surface area contributed by atoms with Gasteiger partial charge in [0.05, 0.1) is 5.69 Å². The summed E-state index contributed by atoms with van der Waals surface area (Å²) in [7, 11) is 0. The van der Waals surface area contributed by atoms with Crippen molar-refractivity contribution in [1.82, 2.24) is 20.2 Å². The molecule has 1 aliphatic carbocycles. The van der Waals surface area contributed by atoms with Gasteiger partial charge in [-0.05, 0) is 51.9 Å². The van der Waals surface area contributed by atoms with Crippen LogP contribution in [-0.2, 0) is 17.6 Å². The number of hydrogen-bond acceptors (Lipinski definition) is 6. The van der Waals surface area contributed by atoms with Crippen molar-refractivity contribution in [2.45, 2.75) is 64.7 Å². The first-order valence-electron chi connectivity index (χ1n) is 9.62. The maximum absolute atomic E-state index is 12.6. The molecule has 2 aromatic rings. The number of rotatable bonds is 6. The van der Waals surface area contributed by atoms with E-state index in [2.05, 4.69) is 15.3 Å². The molecule has 3 heterocycles. The Bertz CT molecular complexity index is 758. The third-order valence-electron chi connectivity index (χ3n) is 5.53. The molecule has 2 fully saturated rings. The number of nitrogens with zero attached hydrogens (tertiary/aromatic N) is 4. The molecule has 0 radical (unpaired) electrons. The highest BCUT2D eigenvalue weighted by Gasteiger charge is 2.30. The maximum atomic E-state index is 12.6. The van der Waals surface area contributed by atoms with Gasteiger partial charge in [0.25, 0.3) is 0 Å². The molecular formula is C19H26N4O3. The van der Waals surface area contributed by atoms with Crippen LogP contribution in [0.15, 0.2) is 9.05 Å². The van der Waals surface area contributed by atoms with Gasteiger partial charge in [0.1, 0.15) is 5.76 Å². The second-order valence-corrected chi connectivity index (χ2v) is 7.68. The highest BCUT2D eigenvalue weighted by Crippen LogP contribution is 2.38. The lowest BCUT2D eigenvalue weighted by molar-refractivity contribution is -0.133. The molecule has 0 aromatic carbocycles. The summed E-state index contributed by atoms with van der Waals surface area (Å²) in [5.41, 5.74) is 1.94. The minimum absolute atomic E-state index is 0.207. The van der Waals surface area contributed by atoms with Crippen molar-refractivity contribution in [2.75, 3.05) is 13.1 Å². The third-order valence-corrected chi connectivity index (χ3v) is 5.53. The summed E-state index contributed by atoms with van der Waals surface area (Å²) in [4.78, 5) is 19.2. The second kappa shape index (κ2) is 7.21. The van der Waals surface area contributed by atoms with Gasteiger partial charge in [-0.25, -0.2) is 0 Å². The first kappa shape index (κ1) is 17.2. The van der Waals surface area contributed by atoms with E-state index in [4.69, 9.17) is 9.05 Å². The molecular weight excluding hydrogens is 332 g/mol. The predicted octanol–water partition coefficient (Wildman–Crippen LogP) is 2.97. The van der Waals surface area contributed by atoms with Crippen LogP contribution in [0.3, 0.4) is 0 Å². The topological polar surface area (TPSA) is 85.3 Å². The number of carbonyl (C=O) groups is 1. The van der Waals surface area contributed by atoms with E-state index in [0.717, 1.165) is 61.1 Å². The Hall–Kier alpha value is -2.18. The van der Waals surface area contributed by atoms with Crippen LogP contribution in [0, 0.1) is 19.8 Å². The van der Waals surface area contributed by atoms with Gasteiger partial charge in [-0.1, -0.05) is 10.3 Å². The largest absolute Gasteiger partial charge is 0.361 e. The minimum Gasteiger partial charge on any atom is -0.361 e. The molecule has 2 aliphatic rings. The Kier molecular flexibility index (Phi) is 4.78. The Labute approximate surface area is 153 Å². The molecule has 140 valence electrons. The molecule has 26 heavy (non-hydrogen) atoms. The number of carbonyl (C=O) groups excluding carboxylic acids is 1. The molecule has 1 unspecified atom stereocenters. The van der Waals surface area contributed by atoms with Crippen molar-refractivity contribution < 1.29 is 13.8 Å². The lowest BCUT2D eigenvalue weighted by Crippen LogP contribution is -2.40. The molecule has 7 nitrogen and oxygen atoms in total. The number of piperidine rings is 1. The second-order valence-electron chi connectivity index (χ2n) is 7.68. The van der Waals surface area contributed by atoms with Crippen molar-refractivity contribution in [2.24, 2.45) is 5.92 Å². The van der Waals surface area contributed by atoms with E-state index in [1.807, 2.05) is 18.7 Å². The summed E-state index contributed by atoms with van der Waals surface area (Å²) in [5.74, 6) is 3.53.